The summed E-state index contributed by atoms with van der Waals surface area (Å²) in [5.74, 6) is -0.309. The minimum absolute atomic E-state index is 0.0541. The number of carbonyl (C=O) groups excluding carboxylic acids is 2. The number of hydrogen-bond donors (Lipinski definition) is 1. The molecule has 0 aromatic heterocycles. The van der Waals surface area contributed by atoms with Crippen molar-refractivity contribution in [2.24, 2.45) is 0 Å². The minimum atomic E-state index is -0.309. The number of aryl methyl sites for hydroxylation is 1. The van der Waals surface area contributed by atoms with Crippen molar-refractivity contribution in [2.75, 3.05) is 37.7 Å². The molecule has 148 valence electrons. The van der Waals surface area contributed by atoms with Crippen LogP contribution in [0.15, 0.2) is 48.5 Å². The zero-order valence-electron chi connectivity index (χ0n) is 16.5. The molecule has 6 nitrogen and oxygen atoms in total. The van der Waals surface area contributed by atoms with Gasteiger partial charge in [0.05, 0.1) is 17.9 Å². The molecule has 0 bridgehead atoms. The van der Waals surface area contributed by atoms with Crippen molar-refractivity contribution in [2.45, 2.75) is 20.4 Å². The maximum Gasteiger partial charge on any atom is 0.340 e. The van der Waals surface area contributed by atoms with Crippen molar-refractivity contribution in [3.05, 3.63) is 65.2 Å². The first-order chi connectivity index (χ1) is 13.6. The molecule has 0 unspecified atom stereocenters. The highest BCUT2D eigenvalue weighted by Crippen LogP contribution is 2.23. The third-order valence-corrected chi connectivity index (χ3v) is 5.00. The average molecular weight is 381 g/mol. The second kappa shape index (κ2) is 9.26. The normalized spacial score (nSPS) is 13.9. The molecular weight excluding hydrogens is 354 g/mol. The molecular formula is C22H27N3O3. The summed E-state index contributed by atoms with van der Waals surface area (Å²) in [5, 5.41) is 3.00. The molecule has 0 spiro atoms. The summed E-state index contributed by atoms with van der Waals surface area (Å²) >= 11 is 0. The molecule has 1 heterocycles. The van der Waals surface area contributed by atoms with E-state index in [2.05, 4.69) is 10.2 Å². The summed E-state index contributed by atoms with van der Waals surface area (Å²) in [6.45, 7) is 7.28. The zero-order chi connectivity index (χ0) is 19.9. The average Bonchev–Trinajstić information content (AvgIpc) is 2.73. The summed E-state index contributed by atoms with van der Waals surface area (Å²) in [6, 6.07) is 15.5. The van der Waals surface area contributed by atoms with Crippen LogP contribution in [0.3, 0.4) is 0 Å². The van der Waals surface area contributed by atoms with E-state index in [-0.39, 0.29) is 12.0 Å². The minimum Gasteiger partial charge on any atom is -0.462 e. The van der Waals surface area contributed by atoms with Gasteiger partial charge in [-0.15, -0.1) is 0 Å². The lowest BCUT2D eigenvalue weighted by Gasteiger charge is -2.36. The van der Waals surface area contributed by atoms with Crippen LogP contribution < -0.4 is 10.2 Å². The number of benzene rings is 2. The Morgan fingerprint density at radius 2 is 1.68 bits per heavy atom. The number of rotatable bonds is 5. The number of ether oxygens (including phenoxy) is 1. The Morgan fingerprint density at radius 1 is 1.00 bits per heavy atom. The summed E-state index contributed by atoms with van der Waals surface area (Å²) in [4.78, 5) is 28.7. The number of para-hydroxylation sites is 1. The number of nitrogens with one attached hydrogen (secondary N) is 1. The van der Waals surface area contributed by atoms with Crippen molar-refractivity contribution in [3.8, 4) is 0 Å². The Balaban J connectivity index is 1.57. The molecule has 1 fully saturated rings. The zero-order valence-corrected chi connectivity index (χ0v) is 16.5. The largest absolute Gasteiger partial charge is 0.462 e. The summed E-state index contributed by atoms with van der Waals surface area (Å²) < 4.78 is 5.16. The van der Waals surface area contributed by atoms with E-state index >= 15 is 0 Å². The van der Waals surface area contributed by atoms with E-state index in [1.807, 2.05) is 54.3 Å². The molecule has 0 saturated carbocycles. The topological polar surface area (TPSA) is 61.9 Å². The molecule has 1 aliphatic heterocycles. The van der Waals surface area contributed by atoms with Gasteiger partial charge in [-0.2, -0.15) is 0 Å². The van der Waals surface area contributed by atoms with Crippen molar-refractivity contribution < 1.29 is 14.3 Å². The number of urea groups is 1. The predicted octanol–water partition coefficient (Wildman–Crippen LogP) is 3.20. The van der Waals surface area contributed by atoms with Crippen molar-refractivity contribution >= 4 is 17.7 Å². The Hall–Kier alpha value is -3.02. The van der Waals surface area contributed by atoms with Crippen LogP contribution in [0.5, 0.6) is 0 Å². The first-order valence-electron chi connectivity index (χ1n) is 9.68. The first kappa shape index (κ1) is 19.7. The van der Waals surface area contributed by atoms with Gasteiger partial charge >= 0.3 is 12.0 Å². The standard InChI is InChI=1S/C22H27N3O3/c1-3-28-21(26)19-10-6-7-11-20(19)24-12-14-25(15-13-24)22(27)23-16-18-9-5-4-8-17(18)2/h4-11H,3,12-16H2,1-2H3,(H,23,27). The van der Waals surface area contributed by atoms with Gasteiger partial charge in [-0.3, -0.25) is 0 Å². The number of esters is 1. The van der Waals surface area contributed by atoms with E-state index in [4.69, 9.17) is 4.74 Å². The van der Waals surface area contributed by atoms with Crippen LogP contribution in [0.2, 0.25) is 0 Å². The van der Waals surface area contributed by atoms with Crippen molar-refractivity contribution in [3.63, 3.8) is 0 Å². The van der Waals surface area contributed by atoms with Gasteiger partial charge < -0.3 is 19.9 Å². The quantitative estimate of drug-likeness (QED) is 0.808. The van der Waals surface area contributed by atoms with Crippen LogP contribution in [0.4, 0.5) is 10.5 Å². The number of carbonyl (C=O) groups is 2. The third kappa shape index (κ3) is 4.63. The van der Waals surface area contributed by atoms with Crippen LogP contribution in [-0.4, -0.2) is 49.7 Å². The van der Waals surface area contributed by atoms with Crippen molar-refractivity contribution in [1.29, 1.82) is 0 Å². The third-order valence-electron chi connectivity index (χ3n) is 5.00. The SMILES string of the molecule is CCOC(=O)c1ccccc1N1CCN(C(=O)NCc2ccccc2C)CC1. The number of hydrogen-bond acceptors (Lipinski definition) is 4. The smallest absolute Gasteiger partial charge is 0.340 e. The number of piperazine rings is 1. The molecule has 1 N–H and O–H groups in total. The van der Waals surface area contributed by atoms with Gasteiger partial charge in [0, 0.05) is 32.7 Å². The van der Waals surface area contributed by atoms with E-state index in [1.165, 1.54) is 5.56 Å². The van der Waals surface area contributed by atoms with E-state index in [0.29, 0.717) is 44.9 Å². The first-order valence-corrected chi connectivity index (χ1v) is 9.68. The van der Waals surface area contributed by atoms with Crippen LogP contribution in [0.1, 0.15) is 28.4 Å². The molecule has 2 amide bonds. The highest BCUT2D eigenvalue weighted by Gasteiger charge is 2.24. The van der Waals surface area contributed by atoms with Gasteiger partial charge in [-0.1, -0.05) is 36.4 Å². The molecule has 28 heavy (non-hydrogen) atoms. The molecule has 1 saturated heterocycles. The van der Waals surface area contributed by atoms with Gasteiger partial charge in [0.1, 0.15) is 0 Å². The highest BCUT2D eigenvalue weighted by molar-refractivity contribution is 5.96. The molecule has 0 radical (unpaired) electrons. The Morgan fingerprint density at radius 3 is 2.39 bits per heavy atom. The summed E-state index contributed by atoms with van der Waals surface area (Å²) in [5.41, 5.74) is 3.73. The van der Waals surface area contributed by atoms with Gasteiger partial charge in [0.2, 0.25) is 0 Å². The van der Waals surface area contributed by atoms with Crippen molar-refractivity contribution in [1.82, 2.24) is 10.2 Å². The highest BCUT2D eigenvalue weighted by atomic mass is 16.5. The maximum absolute atomic E-state index is 12.5. The van der Waals surface area contributed by atoms with Gasteiger partial charge in [-0.25, -0.2) is 9.59 Å². The predicted molar refractivity (Wildman–Crippen MR) is 110 cm³/mol. The van der Waals surface area contributed by atoms with E-state index in [9.17, 15) is 9.59 Å². The Labute approximate surface area is 166 Å². The number of amides is 2. The second-order valence-electron chi connectivity index (χ2n) is 6.80. The van der Waals surface area contributed by atoms with Gasteiger partial charge in [0.15, 0.2) is 0 Å². The molecule has 1 aliphatic rings. The monoisotopic (exact) mass is 381 g/mol. The fraction of sp³-hybridized carbons (Fsp3) is 0.364. The van der Waals surface area contributed by atoms with Crippen LogP contribution in [0, 0.1) is 6.92 Å². The fourth-order valence-electron chi connectivity index (χ4n) is 3.37. The van der Waals surface area contributed by atoms with Crippen LogP contribution in [0.25, 0.3) is 0 Å². The molecule has 0 aliphatic carbocycles. The van der Waals surface area contributed by atoms with E-state index < -0.39 is 0 Å². The number of nitrogens with zero attached hydrogens (tertiary/aromatic N) is 2. The summed E-state index contributed by atoms with van der Waals surface area (Å²) in [6.07, 6.45) is 0. The lowest BCUT2D eigenvalue weighted by atomic mass is 10.1. The lowest BCUT2D eigenvalue weighted by Crippen LogP contribution is -2.52. The molecule has 6 heteroatoms. The Kier molecular flexibility index (Phi) is 6.53. The molecule has 2 aromatic carbocycles. The maximum atomic E-state index is 12.5. The second-order valence-corrected chi connectivity index (χ2v) is 6.80. The van der Waals surface area contributed by atoms with Crippen LogP contribution in [-0.2, 0) is 11.3 Å². The molecule has 3 rings (SSSR count). The van der Waals surface area contributed by atoms with E-state index in [1.54, 1.807) is 13.0 Å². The Bertz CT molecular complexity index is 829. The van der Waals surface area contributed by atoms with Crippen LogP contribution >= 0.6 is 0 Å². The molecule has 0 atom stereocenters. The fourth-order valence-corrected chi connectivity index (χ4v) is 3.37. The lowest BCUT2D eigenvalue weighted by molar-refractivity contribution is 0.0527. The summed E-state index contributed by atoms with van der Waals surface area (Å²) in [7, 11) is 0. The number of anilines is 1. The van der Waals surface area contributed by atoms with E-state index in [0.717, 1.165) is 11.3 Å². The molecule has 2 aromatic rings. The van der Waals surface area contributed by atoms with Gasteiger partial charge in [0.25, 0.3) is 0 Å². The van der Waals surface area contributed by atoms with Gasteiger partial charge in [-0.05, 0) is 37.1 Å².